The van der Waals surface area contributed by atoms with Gasteiger partial charge in [0.2, 0.25) is 0 Å². The zero-order valence-electron chi connectivity index (χ0n) is 21.0. The highest BCUT2D eigenvalue weighted by Gasteiger charge is 2.20. The van der Waals surface area contributed by atoms with Crippen LogP contribution in [-0.2, 0) is 14.6 Å². The number of nitrogens with one attached hydrogen (secondary N) is 2. The lowest BCUT2D eigenvalue weighted by atomic mass is 10.2. The number of imide groups is 1. The number of halogens is 1. The molecular weight excluding hydrogens is 550 g/mol. The fraction of sp³-hybridized carbons (Fsp3) is 0.400. The van der Waals surface area contributed by atoms with Crippen molar-refractivity contribution in [3.63, 3.8) is 0 Å². The Hall–Kier alpha value is -2.61. The first kappa shape index (κ1) is 28.4. The van der Waals surface area contributed by atoms with E-state index in [4.69, 9.17) is 16.3 Å². The molecule has 3 aromatic rings. The molecular formula is C25H30ClN5O5S2. The Morgan fingerprint density at radius 3 is 2.50 bits per heavy atom. The standard InChI is InChI=1S/C25H30ClN5O5S2/c1-36-15-14-31-12-10-30(11-13-31)9-4-16-38(34,35)18-7-8-21-22(17-18)37-25(27-21)29-24(33)28-23(32)19-5-2-3-6-20(19)26/h2-3,5-8,17H,4,9-16H2,1H3,(H2,27,28,29,32,33). The normalized spacial score (nSPS) is 15.0. The monoisotopic (exact) mass is 579 g/mol. The summed E-state index contributed by atoms with van der Waals surface area (Å²) < 4.78 is 31.7. The molecule has 0 radical (unpaired) electrons. The van der Waals surface area contributed by atoms with Crippen molar-refractivity contribution >= 4 is 60.1 Å². The van der Waals surface area contributed by atoms with Gasteiger partial charge >= 0.3 is 6.03 Å². The highest BCUT2D eigenvalue weighted by atomic mass is 35.5. The summed E-state index contributed by atoms with van der Waals surface area (Å²) in [5, 5.41) is 5.20. The summed E-state index contributed by atoms with van der Waals surface area (Å²) >= 11 is 7.13. The maximum atomic E-state index is 13.0. The van der Waals surface area contributed by atoms with E-state index in [-0.39, 0.29) is 26.4 Å². The van der Waals surface area contributed by atoms with Gasteiger partial charge in [-0.2, -0.15) is 0 Å². The zero-order chi connectivity index (χ0) is 27.1. The Morgan fingerprint density at radius 2 is 1.79 bits per heavy atom. The van der Waals surface area contributed by atoms with E-state index in [9.17, 15) is 18.0 Å². The number of aromatic nitrogens is 1. The van der Waals surface area contributed by atoms with Crippen LogP contribution in [0.5, 0.6) is 0 Å². The van der Waals surface area contributed by atoms with E-state index in [1.807, 2.05) is 0 Å². The summed E-state index contributed by atoms with van der Waals surface area (Å²) in [5.41, 5.74) is 0.723. The number of methoxy groups -OCH3 is 1. The molecule has 0 bridgehead atoms. The van der Waals surface area contributed by atoms with Crippen molar-refractivity contribution in [3.05, 3.63) is 53.1 Å². The summed E-state index contributed by atoms with van der Waals surface area (Å²) in [4.78, 5) is 33.8. The zero-order valence-corrected chi connectivity index (χ0v) is 23.4. The number of benzene rings is 2. The molecule has 3 amide bonds. The number of rotatable bonds is 10. The molecule has 2 heterocycles. The van der Waals surface area contributed by atoms with Crippen LogP contribution in [0.4, 0.5) is 9.93 Å². The molecule has 13 heteroatoms. The van der Waals surface area contributed by atoms with Crippen LogP contribution >= 0.6 is 22.9 Å². The predicted octanol–water partition coefficient (Wildman–Crippen LogP) is 3.34. The van der Waals surface area contributed by atoms with E-state index < -0.39 is 21.8 Å². The van der Waals surface area contributed by atoms with Gasteiger partial charge in [0.05, 0.1) is 38.1 Å². The van der Waals surface area contributed by atoms with E-state index in [1.54, 1.807) is 37.4 Å². The fourth-order valence-corrected chi connectivity index (χ4v) is 6.66. The van der Waals surface area contributed by atoms with Crippen molar-refractivity contribution in [1.29, 1.82) is 0 Å². The number of fused-ring (bicyclic) bond motifs is 1. The van der Waals surface area contributed by atoms with Crippen LogP contribution in [0.2, 0.25) is 5.02 Å². The number of amides is 3. The molecule has 2 aromatic carbocycles. The number of thiazole rings is 1. The largest absolute Gasteiger partial charge is 0.383 e. The first-order valence-electron chi connectivity index (χ1n) is 12.2. The minimum atomic E-state index is -3.47. The van der Waals surface area contributed by atoms with Gasteiger partial charge in [0.1, 0.15) is 0 Å². The molecule has 2 N–H and O–H groups in total. The minimum Gasteiger partial charge on any atom is -0.383 e. The lowest BCUT2D eigenvalue weighted by molar-refractivity contribution is 0.0967. The minimum absolute atomic E-state index is 0.0544. The van der Waals surface area contributed by atoms with Gasteiger partial charge in [0.25, 0.3) is 5.91 Å². The third-order valence-electron chi connectivity index (χ3n) is 6.25. The molecule has 0 spiro atoms. The average molecular weight is 580 g/mol. The second kappa shape index (κ2) is 13.0. The van der Waals surface area contributed by atoms with Gasteiger partial charge in [-0.05, 0) is 43.3 Å². The summed E-state index contributed by atoms with van der Waals surface area (Å²) in [5.74, 6) is -0.589. The smallest absolute Gasteiger partial charge is 0.327 e. The molecule has 1 fully saturated rings. The molecule has 0 aliphatic carbocycles. The van der Waals surface area contributed by atoms with Gasteiger partial charge < -0.3 is 9.64 Å². The third-order valence-corrected chi connectivity index (χ3v) is 9.31. The molecule has 1 aromatic heterocycles. The van der Waals surface area contributed by atoms with Crippen molar-refractivity contribution in [1.82, 2.24) is 20.1 Å². The number of anilines is 1. The fourth-order valence-electron chi connectivity index (χ4n) is 4.15. The van der Waals surface area contributed by atoms with Crippen LogP contribution in [0.15, 0.2) is 47.4 Å². The predicted molar refractivity (Wildman–Crippen MR) is 149 cm³/mol. The number of nitrogens with zero attached hydrogens (tertiary/aromatic N) is 3. The van der Waals surface area contributed by atoms with Crippen LogP contribution in [0.3, 0.4) is 0 Å². The quantitative estimate of drug-likeness (QED) is 0.375. The number of urea groups is 1. The van der Waals surface area contributed by atoms with Crippen LogP contribution in [0.1, 0.15) is 16.8 Å². The molecule has 10 nitrogen and oxygen atoms in total. The van der Waals surface area contributed by atoms with Gasteiger partial charge in [-0.25, -0.2) is 18.2 Å². The maximum Gasteiger partial charge on any atom is 0.327 e. The van der Waals surface area contributed by atoms with E-state index in [1.165, 1.54) is 12.1 Å². The van der Waals surface area contributed by atoms with Crippen molar-refractivity contribution in [2.45, 2.75) is 11.3 Å². The topological polar surface area (TPSA) is 121 Å². The number of piperazine rings is 1. The highest BCUT2D eigenvalue weighted by Crippen LogP contribution is 2.28. The third kappa shape index (κ3) is 7.49. The van der Waals surface area contributed by atoms with Crippen molar-refractivity contribution in [2.75, 3.05) is 64.1 Å². The van der Waals surface area contributed by atoms with Gasteiger partial charge in [-0.1, -0.05) is 35.1 Å². The van der Waals surface area contributed by atoms with E-state index in [0.29, 0.717) is 16.6 Å². The lowest BCUT2D eigenvalue weighted by Crippen LogP contribution is -2.47. The van der Waals surface area contributed by atoms with Crippen LogP contribution < -0.4 is 10.6 Å². The number of hydrogen-bond donors (Lipinski definition) is 2. The highest BCUT2D eigenvalue weighted by molar-refractivity contribution is 7.91. The van der Waals surface area contributed by atoms with Gasteiger partial charge in [-0.3, -0.25) is 20.3 Å². The SMILES string of the molecule is COCCN1CCN(CCCS(=O)(=O)c2ccc3nc(NC(=O)NC(=O)c4ccccc4Cl)sc3c2)CC1. The van der Waals surface area contributed by atoms with Crippen LogP contribution in [0, 0.1) is 0 Å². The maximum absolute atomic E-state index is 13.0. The van der Waals surface area contributed by atoms with Gasteiger partial charge in [0.15, 0.2) is 15.0 Å². The van der Waals surface area contributed by atoms with Crippen molar-refractivity contribution < 1.29 is 22.7 Å². The molecule has 1 aliphatic heterocycles. The molecule has 4 rings (SSSR count). The Kier molecular flexibility index (Phi) is 9.69. The Morgan fingerprint density at radius 1 is 1.08 bits per heavy atom. The molecule has 0 atom stereocenters. The lowest BCUT2D eigenvalue weighted by Gasteiger charge is -2.34. The van der Waals surface area contributed by atoms with Gasteiger partial charge in [0, 0.05) is 39.8 Å². The Labute approximate surface area is 230 Å². The first-order chi connectivity index (χ1) is 18.2. The second-order valence-corrected chi connectivity index (χ2v) is 12.4. The molecule has 0 saturated carbocycles. The number of carbonyl (C=O) groups excluding carboxylic acids is 2. The summed E-state index contributed by atoms with van der Waals surface area (Å²) in [6, 6.07) is 10.4. The van der Waals surface area contributed by atoms with Crippen LogP contribution in [0.25, 0.3) is 10.2 Å². The summed E-state index contributed by atoms with van der Waals surface area (Å²) in [6.45, 7) is 6.13. The number of sulfone groups is 1. The second-order valence-electron chi connectivity index (χ2n) is 8.89. The Balaban J connectivity index is 1.30. The average Bonchev–Trinajstić information content (AvgIpc) is 3.29. The number of ether oxygens (including phenoxy) is 1. The van der Waals surface area contributed by atoms with Crippen molar-refractivity contribution in [3.8, 4) is 0 Å². The molecule has 204 valence electrons. The summed E-state index contributed by atoms with van der Waals surface area (Å²) in [7, 11) is -1.77. The number of hydrogen-bond acceptors (Lipinski definition) is 9. The molecule has 0 unspecified atom stereocenters. The molecule has 1 aliphatic rings. The van der Waals surface area contributed by atoms with Gasteiger partial charge in [-0.15, -0.1) is 0 Å². The Bertz CT molecular complexity index is 1390. The van der Waals surface area contributed by atoms with E-state index >= 15 is 0 Å². The van der Waals surface area contributed by atoms with Crippen molar-refractivity contribution in [2.24, 2.45) is 0 Å². The van der Waals surface area contributed by atoms with Crippen LogP contribution in [-0.4, -0.2) is 93.9 Å². The molecule has 38 heavy (non-hydrogen) atoms. The van der Waals surface area contributed by atoms with E-state index in [2.05, 4.69) is 25.4 Å². The van der Waals surface area contributed by atoms with E-state index in [0.717, 1.165) is 57.2 Å². The summed E-state index contributed by atoms with van der Waals surface area (Å²) in [6.07, 6.45) is 0.549. The first-order valence-corrected chi connectivity index (χ1v) is 15.0. The molecule has 1 saturated heterocycles. The number of carbonyl (C=O) groups is 2.